The van der Waals surface area contributed by atoms with Gasteiger partial charge in [0.1, 0.15) is 5.75 Å². The first kappa shape index (κ1) is 10.8. The molecular weight excluding hydrogens is 210 g/mol. The van der Waals surface area contributed by atoms with Gasteiger partial charge in [-0.1, -0.05) is 12.1 Å². The first-order chi connectivity index (χ1) is 8.29. The lowest BCUT2D eigenvalue weighted by Gasteiger charge is -2.33. The van der Waals surface area contributed by atoms with Crippen molar-refractivity contribution in [3.05, 3.63) is 42.0 Å². The lowest BCUT2D eigenvalue weighted by atomic mass is 9.79. The highest BCUT2D eigenvalue weighted by Crippen LogP contribution is 2.42. The molecule has 1 fully saturated rings. The van der Waals surface area contributed by atoms with E-state index in [1.807, 2.05) is 18.2 Å². The van der Waals surface area contributed by atoms with Gasteiger partial charge in [0, 0.05) is 18.5 Å². The van der Waals surface area contributed by atoms with Gasteiger partial charge >= 0.3 is 0 Å². The van der Waals surface area contributed by atoms with Gasteiger partial charge in [0.25, 0.3) is 0 Å². The molecule has 1 N–H and O–H groups in total. The summed E-state index contributed by atoms with van der Waals surface area (Å²) in [6, 6.07) is 6.54. The van der Waals surface area contributed by atoms with Gasteiger partial charge in [-0.2, -0.15) is 0 Å². The molecule has 0 unspecified atom stereocenters. The molecule has 0 radical (unpaired) electrons. The number of hydrogen-bond acceptors (Lipinski definition) is 2. The Balaban J connectivity index is 1.92. The molecule has 1 aromatic carbocycles. The highest BCUT2D eigenvalue weighted by Gasteiger charge is 2.37. The van der Waals surface area contributed by atoms with Crippen LogP contribution in [0.25, 0.3) is 0 Å². The van der Waals surface area contributed by atoms with E-state index in [2.05, 4.69) is 17.5 Å². The molecule has 2 aliphatic rings. The number of phenolic OH excluding ortho intramolecular Hbond substituents is 1. The molecule has 1 aliphatic heterocycles. The SMILES string of the molecule is C=CCN1CC[C@@H]2c3cc(O)ccc3CC[C@@H]21. The van der Waals surface area contributed by atoms with Crippen molar-refractivity contribution < 1.29 is 5.11 Å². The van der Waals surface area contributed by atoms with Crippen molar-refractivity contribution in [2.24, 2.45) is 0 Å². The van der Waals surface area contributed by atoms with Crippen LogP contribution in [0.3, 0.4) is 0 Å². The van der Waals surface area contributed by atoms with Gasteiger partial charge < -0.3 is 5.11 Å². The van der Waals surface area contributed by atoms with Gasteiger partial charge in [-0.25, -0.2) is 0 Å². The number of aromatic hydroxyl groups is 1. The Bertz CT molecular complexity index is 441. The topological polar surface area (TPSA) is 23.5 Å². The second kappa shape index (κ2) is 4.19. The molecule has 3 rings (SSSR count). The Morgan fingerprint density at radius 2 is 2.29 bits per heavy atom. The first-order valence-corrected chi connectivity index (χ1v) is 6.46. The molecular formula is C15H19NO. The fourth-order valence-electron chi connectivity index (χ4n) is 3.52. The van der Waals surface area contributed by atoms with Crippen LogP contribution in [0.15, 0.2) is 30.9 Å². The summed E-state index contributed by atoms with van der Waals surface area (Å²) in [6.45, 7) is 6.00. The number of likely N-dealkylation sites (tertiary alicyclic amines) is 1. The number of rotatable bonds is 2. The molecule has 0 aromatic heterocycles. The lowest BCUT2D eigenvalue weighted by molar-refractivity contribution is 0.249. The van der Waals surface area contributed by atoms with Crippen LogP contribution in [0.1, 0.15) is 29.9 Å². The molecule has 90 valence electrons. The Hall–Kier alpha value is -1.28. The number of phenols is 1. The van der Waals surface area contributed by atoms with Crippen molar-refractivity contribution in [3.63, 3.8) is 0 Å². The van der Waals surface area contributed by atoms with Crippen molar-refractivity contribution >= 4 is 0 Å². The second-order valence-electron chi connectivity index (χ2n) is 5.17. The van der Waals surface area contributed by atoms with Crippen LogP contribution in [0, 0.1) is 0 Å². The largest absolute Gasteiger partial charge is 0.508 e. The van der Waals surface area contributed by atoms with E-state index in [-0.39, 0.29) is 0 Å². The number of nitrogens with zero attached hydrogens (tertiary/aromatic N) is 1. The van der Waals surface area contributed by atoms with Crippen molar-refractivity contribution in [1.29, 1.82) is 0 Å². The summed E-state index contributed by atoms with van der Waals surface area (Å²) in [5.41, 5.74) is 2.82. The van der Waals surface area contributed by atoms with E-state index in [1.165, 1.54) is 24.0 Å². The van der Waals surface area contributed by atoms with E-state index in [1.54, 1.807) is 0 Å². The highest BCUT2D eigenvalue weighted by molar-refractivity contribution is 5.40. The normalized spacial score (nSPS) is 27.5. The maximum atomic E-state index is 9.65. The molecule has 17 heavy (non-hydrogen) atoms. The van der Waals surface area contributed by atoms with Crippen molar-refractivity contribution in [1.82, 2.24) is 4.90 Å². The molecule has 2 heteroatoms. The maximum absolute atomic E-state index is 9.65. The summed E-state index contributed by atoms with van der Waals surface area (Å²) in [5, 5.41) is 9.65. The summed E-state index contributed by atoms with van der Waals surface area (Å²) < 4.78 is 0. The second-order valence-corrected chi connectivity index (χ2v) is 5.17. The van der Waals surface area contributed by atoms with Crippen LogP contribution >= 0.6 is 0 Å². The van der Waals surface area contributed by atoms with Crippen LogP contribution in [-0.4, -0.2) is 29.1 Å². The monoisotopic (exact) mass is 229 g/mol. The lowest BCUT2D eigenvalue weighted by Crippen LogP contribution is -2.35. The quantitative estimate of drug-likeness (QED) is 0.788. The molecule has 2 nitrogen and oxygen atoms in total. The zero-order valence-corrected chi connectivity index (χ0v) is 10.1. The van der Waals surface area contributed by atoms with Crippen LogP contribution in [-0.2, 0) is 6.42 Å². The Kier molecular flexibility index (Phi) is 2.67. The predicted molar refractivity (Wildman–Crippen MR) is 69.3 cm³/mol. The van der Waals surface area contributed by atoms with E-state index in [0.29, 0.717) is 17.7 Å². The minimum Gasteiger partial charge on any atom is -0.508 e. The number of aryl methyl sites for hydroxylation is 1. The third kappa shape index (κ3) is 1.77. The van der Waals surface area contributed by atoms with Crippen molar-refractivity contribution in [2.45, 2.75) is 31.2 Å². The number of hydrogen-bond donors (Lipinski definition) is 1. The summed E-state index contributed by atoms with van der Waals surface area (Å²) >= 11 is 0. The molecule has 1 saturated heterocycles. The fraction of sp³-hybridized carbons (Fsp3) is 0.467. The average Bonchev–Trinajstić information content (AvgIpc) is 2.73. The molecule has 2 atom stereocenters. The van der Waals surface area contributed by atoms with Gasteiger partial charge in [0.05, 0.1) is 0 Å². The molecule has 1 heterocycles. The van der Waals surface area contributed by atoms with E-state index in [4.69, 9.17) is 0 Å². The summed E-state index contributed by atoms with van der Waals surface area (Å²) in [4.78, 5) is 2.53. The van der Waals surface area contributed by atoms with Gasteiger partial charge in [0.2, 0.25) is 0 Å². The number of benzene rings is 1. The zero-order chi connectivity index (χ0) is 11.8. The van der Waals surface area contributed by atoms with Crippen LogP contribution in [0.5, 0.6) is 5.75 Å². The average molecular weight is 229 g/mol. The van der Waals surface area contributed by atoms with Crippen LogP contribution in [0.2, 0.25) is 0 Å². The van der Waals surface area contributed by atoms with Crippen LogP contribution < -0.4 is 0 Å². The fourth-order valence-corrected chi connectivity index (χ4v) is 3.52. The Labute approximate surface area is 103 Å². The minimum atomic E-state index is 0.409. The number of fused-ring (bicyclic) bond motifs is 3. The maximum Gasteiger partial charge on any atom is 0.115 e. The van der Waals surface area contributed by atoms with Gasteiger partial charge in [-0.3, -0.25) is 4.90 Å². The van der Waals surface area contributed by atoms with Gasteiger partial charge in [-0.15, -0.1) is 6.58 Å². The van der Waals surface area contributed by atoms with Crippen molar-refractivity contribution in [2.75, 3.05) is 13.1 Å². The van der Waals surface area contributed by atoms with Gasteiger partial charge in [0.15, 0.2) is 0 Å². The molecule has 1 aliphatic carbocycles. The summed E-state index contributed by atoms with van der Waals surface area (Å²) in [6.07, 6.45) is 5.61. The minimum absolute atomic E-state index is 0.409. The van der Waals surface area contributed by atoms with Gasteiger partial charge in [-0.05, 0) is 49.1 Å². The molecule has 0 amide bonds. The van der Waals surface area contributed by atoms with Crippen LogP contribution in [0.4, 0.5) is 0 Å². The predicted octanol–water partition coefficient (Wildman–Crippen LogP) is 2.68. The summed E-state index contributed by atoms with van der Waals surface area (Å²) in [5.74, 6) is 1.03. The Morgan fingerprint density at radius 3 is 3.12 bits per heavy atom. The molecule has 0 saturated carbocycles. The summed E-state index contributed by atoms with van der Waals surface area (Å²) in [7, 11) is 0. The Morgan fingerprint density at radius 1 is 1.41 bits per heavy atom. The van der Waals surface area contributed by atoms with E-state index >= 15 is 0 Å². The molecule has 1 aromatic rings. The van der Waals surface area contributed by atoms with E-state index in [9.17, 15) is 5.11 Å². The van der Waals surface area contributed by atoms with Crippen molar-refractivity contribution in [3.8, 4) is 5.75 Å². The zero-order valence-electron chi connectivity index (χ0n) is 10.1. The smallest absolute Gasteiger partial charge is 0.115 e. The first-order valence-electron chi connectivity index (χ1n) is 6.46. The molecule has 0 spiro atoms. The van der Waals surface area contributed by atoms with E-state index < -0.39 is 0 Å². The van der Waals surface area contributed by atoms with E-state index in [0.717, 1.165) is 19.5 Å². The standard InChI is InChI=1S/C15H19NO/c1-2-8-16-9-7-13-14-10-12(17)5-3-11(14)4-6-15(13)16/h2-3,5,10,13,15,17H,1,4,6-9H2/t13-,15+/m1/s1. The molecule has 0 bridgehead atoms. The third-order valence-corrected chi connectivity index (χ3v) is 4.26. The highest BCUT2D eigenvalue weighted by atomic mass is 16.3. The third-order valence-electron chi connectivity index (χ3n) is 4.26.